The molecule has 0 aromatic heterocycles. The Morgan fingerprint density at radius 2 is 1.43 bits per heavy atom. The van der Waals surface area contributed by atoms with Crippen molar-refractivity contribution in [1.82, 2.24) is 4.31 Å². The molecule has 1 saturated heterocycles. The van der Waals surface area contributed by atoms with Crippen molar-refractivity contribution in [2.45, 2.75) is 11.8 Å². The van der Waals surface area contributed by atoms with E-state index in [1.54, 1.807) is 16.4 Å². The van der Waals surface area contributed by atoms with E-state index in [2.05, 4.69) is 20.8 Å². The lowest BCUT2D eigenvalue weighted by Gasteiger charge is -2.35. The van der Waals surface area contributed by atoms with Crippen LogP contribution >= 0.6 is 15.9 Å². The summed E-state index contributed by atoms with van der Waals surface area (Å²) in [5, 5.41) is 0. The highest BCUT2D eigenvalue weighted by Gasteiger charge is 2.28. The molecule has 1 aliphatic rings. The predicted molar refractivity (Wildman–Crippen MR) is 96.3 cm³/mol. The van der Waals surface area contributed by atoms with Gasteiger partial charge in [-0.1, -0.05) is 33.6 Å². The van der Waals surface area contributed by atoms with Crippen molar-refractivity contribution in [2.24, 2.45) is 0 Å². The summed E-state index contributed by atoms with van der Waals surface area (Å²) in [7, 11) is -3.39. The number of hydrogen-bond acceptors (Lipinski definition) is 3. The van der Waals surface area contributed by atoms with Gasteiger partial charge in [0.05, 0.1) is 4.90 Å². The molecule has 0 saturated carbocycles. The van der Waals surface area contributed by atoms with Crippen LogP contribution < -0.4 is 4.90 Å². The molecular weight excluding hydrogens is 376 g/mol. The summed E-state index contributed by atoms with van der Waals surface area (Å²) in [5.41, 5.74) is 2.18. The van der Waals surface area contributed by atoms with Crippen molar-refractivity contribution >= 4 is 31.6 Å². The number of rotatable bonds is 3. The van der Waals surface area contributed by atoms with Gasteiger partial charge in [-0.2, -0.15) is 4.31 Å². The lowest BCUT2D eigenvalue weighted by atomic mass is 10.2. The van der Waals surface area contributed by atoms with Crippen molar-refractivity contribution in [3.63, 3.8) is 0 Å². The van der Waals surface area contributed by atoms with E-state index in [0.717, 1.165) is 15.7 Å². The van der Waals surface area contributed by atoms with E-state index >= 15 is 0 Å². The quantitative estimate of drug-likeness (QED) is 0.801. The molecule has 2 aromatic rings. The smallest absolute Gasteiger partial charge is 0.243 e. The molecule has 6 heteroatoms. The molecule has 0 bridgehead atoms. The lowest BCUT2D eigenvalue weighted by molar-refractivity contribution is 0.385. The van der Waals surface area contributed by atoms with Crippen molar-refractivity contribution in [3.8, 4) is 0 Å². The van der Waals surface area contributed by atoms with Gasteiger partial charge in [-0.25, -0.2) is 8.42 Å². The summed E-state index contributed by atoms with van der Waals surface area (Å²) < 4.78 is 28.0. The number of piperazine rings is 1. The molecular formula is C17H19BrN2O2S. The van der Waals surface area contributed by atoms with Crippen molar-refractivity contribution in [3.05, 3.63) is 58.6 Å². The second-order valence-electron chi connectivity index (χ2n) is 5.68. The Balaban J connectivity index is 1.70. The van der Waals surface area contributed by atoms with E-state index in [9.17, 15) is 8.42 Å². The normalized spacial score (nSPS) is 16.5. The van der Waals surface area contributed by atoms with Gasteiger partial charge in [0.1, 0.15) is 0 Å². The van der Waals surface area contributed by atoms with Gasteiger partial charge in [-0.15, -0.1) is 0 Å². The summed E-state index contributed by atoms with van der Waals surface area (Å²) in [5.74, 6) is 0. The first-order valence-corrected chi connectivity index (χ1v) is 9.77. The highest BCUT2D eigenvalue weighted by atomic mass is 79.9. The third kappa shape index (κ3) is 3.59. The molecule has 122 valence electrons. The number of benzene rings is 2. The summed E-state index contributed by atoms with van der Waals surface area (Å²) in [6.07, 6.45) is 0. The average molecular weight is 395 g/mol. The van der Waals surface area contributed by atoms with Crippen LogP contribution in [0.5, 0.6) is 0 Å². The number of halogens is 1. The minimum absolute atomic E-state index is 0.375. The fraction of sp³-hybridized carbons (Fsp3) is 0.294. The van der Waals surface area contributed by atoms with Crippen LogP contribution in [-0.2, 0) is 10.0 Å². The van der Waals surface area contributed by atoms with Gasteiger partial charge >= 0.3 is 0 Å². The Hall–Kier alpha value is -1.37. The molecule has 1 heterocycles. The predicted octanol–water partition coefficient (Wildman–Crippen LogP) is 3.27. The van der Waals surface area contributed by atoms with Crippen LogP contribution in [0.4, 0.5) is 5.69 Å². The Bertz CT molecular complexity index is 765. The van der Waals surface area contributed by atoms with Crippen LogP contribution in [0, 0.1) is 6.92 Å². The third-order valence-corrected chi connectivity index (χ3v) is 6.53. The summed E-state index contributed by atoms with van der Waals surface area (Å²) in [4.78, 5) is 2.59. The van der Waals surface area contributed by atoms with Crippen molar-refractivity contribution in [1.29, 1.82) is 0 Å². The van der Waals surface area contributed by atoms with Gasteiger partial charge in [0.2, 0.25) is 10.0 Å². The first kappa shape index (κ1) is 16.5. The first-order valence-electron chi connectivity index (χ1n) is 7.54. The SMILES string of the molecule is Cc1ccc(S(=O)(=O)N2CCN(c3ccc(Br)cc3)CC2)cc1. The monoisotopic (exact) mass is 394 g/mol. The third-order valence-electron chi connectivity index (χ3n) is 4.09. The van der Waals surface area contributed by atoms with Gasteiger partial charge in [0.25, 0.3) is 0 Å². The molecule has 0 N–H and O–H groups in total. The Labute approximate surface area is 145 Å². The maximum absolute atomic E-state index is 12.7. The van der Waals surface area contributed by atoms with E-state index in [4.69, 9.17) is 0 Å². The minimum atomic E-state index is -3.39. The van der Waals surface area contributed by atoms with Gasteiger partial charge in [-0.3, -0.25) is 0 Å². The molecule has 23 heavy (non-hydrogen) atoms. The molecule has 0 radical (unpaired) electrons. The molecule has 0 amide bonds. The van der Waals surface area contributed by atoms with Crippen LogP contribution in [-0.4, -0.2) is 38.9 Å². The maximum Gasteiger partial charge on any atom is 0.243 e. The van der Waals surface area contributed by atoms with Gasteiger partial charge in [0.15, 0.2) is 0 Å². The zero-order valence-corrected chi connectivity index (χ0v) is 15.3. The summed E-state index contributed by atoms with van der Waals surface area (Å²) in [6, 6.07) is 15.2. The molecule has 2 aromatic carbocycles. The van der Waals surface area contributed by atoms with E-state index in [1.165, 1.54) is 0 Å². The number of sulfonamides is 1. The topological polar surface area (TPSA) is 40.6 Å². The molecule has 0 atom stereocenters. The fourth-order valence-corrected chi connectivity index (χ4v) is 4.38. The molecule has 1 fully saturated rings. The van der Waals surface area contributed by atoms with Gasteiger partial charge in [-0.05, 0) is 43.3 Å². The van der Waals surface area contributed by atoms with Crippen LogP contribution in [0.2, 0.25) is 0 Å². The van der Waals surface area contributed by atoms with Crippen molar-refractivity contribution < 1.29 is 8.42 Å². The largest absolute Gasteiger partial charge is 0.369 e. The molecule has 0 unspecified atom stereocenters. The zero-order valence-electron chi connectivity index (χ0n) is 12.9. The average Bonchev–Trinajstić information content (AvgIpc) is 2.56. The minimum Gasteiger partial charge on any atom is -0.369 e. The highest BCUT2D eigenvalue weighted by Crippen LogP contribution is 2.22. The van der Waals surface area contributed by atoms with Crippen LogP contribution in [0.1, 0.15) is 5.56 Å². The van der Waals surface area contributed by atoms with Crippen molar-refractivity contribution in [2.75, 3.05) is 31.1 Å². The highest BCUT2D eigenvalue weighted by molar-refractivity contribution is 9.10. The van der Waals surface area contributed by atoms with Gasteiger partial charge < -0.3 is 4.90 Å². The van der Waals surface area contributed by atoms with E-state index in [0.29, 0.717) is 31.1 Å². The maximum atomic E-state index is 12.7. The number of aryl methyl sites for hydroxylation is 1. The molecule has 1 aliphatic heterocycles. The summed E-state index contributed by atoms with van der Waals surface area (Å²) >= 11 is 3.43. The van der Waals surface area contributed by atoms with Gasteiger partial charge in [0, 0.05) is 36.3 Å². The Morgan fingerprint density at radius 1 is 0.870 bits per heavy atom. The standard InChI is InChI=1S/C17H19BrN2O2S/c1-14-2-8-17(9-3-14)23(21,22)20-12-10-19(11-13-20)16-6-4-15(18)5-7-16/h2-9H,10-13H2,1H3. The molecule has 0 spiro atoms. The molecule has 4 nitrogen and oxygen atoms in total. The second kappa shape index (κ2) is 6.63. The van der Waals surface area contributed by atoms with Crippen LogP contribution in [0.3, 0.4) is 0 Å². The van der Waals surface area contributed by atoms with E-state index < -0.39 is 10.0 Å². The van der Waals surface area contributed by atoms with Crippen LogP contribution in [0.25, 0.3) is 0 Å². The number of anilines is 1. The Morgan fingerprint density at radius 3 is 2.00 bits per heavy atom. The number of hydrogen-bond donors (Lipinski definition) is 0. The summed E-state index contributed by atoms with van der Waals surface area (Å²) in [6.45, 7) is 4.37. The zero-order chi connectivity index (χ0) is 16.4. The van der Waals surface area contributed by atoms with E-state index in [-0.39, 0.29) is 0 Å². The number of nitrogens with zero attached hydrogens (tertiary/aromatic N) is 2. The molecule has 0 aliphatic carbocycles. The Kier molecular flexibility index (Phi) is 4.75. The fourth-order valence-electron chi connectivity index (χ4n) is 2.70. The lowest BCUT2D eigenvalue weighted by Crippen LogP contribution is -2.48. The van der Waals surface area contributed by atoms with Crippen LogP contribution in [0.15, 0.2) is 57.9 Å². The van der Waals surface area contributed by atoms with E-state index in [1.807, 2.05) is 43.3 Å². The second-order valence-corrected chi connectivity index (χ2v) is 8.53. The first-order chi connectivity index (χ1) is 11.0. The molecule has 3 rings (SSSR count).